The average Bonchev–Trinajstić information content (AvgIpc) is 3.09. The number of methoxy groups -OCH3 is 1. The molecule has 3 atom stereocenters. The molecule has 0 bridgehead atoms. The molecule has 1 aliphatic carbocycles. The second kappa shape index (κ2) is 5.68. The molecule has 3 heteroatoms. The third kappa shape index (κ3) is 3.01. The van der Waals surface area contributed by atoms with Gasteiger partial charge < -0.3 is 14.8 Å². The molecular formula is C14H27NO2. The molecular weight excluding hydrogens is 214 g/mol. The molecule has 2 rings (SSSR count). The van der Waals surface area contributed by atoms with Crippen LogP contribution in [0.4, 0.5) is 0 Å². The maximum absolute atomic E-state index is 6.04. The van der Waals surface area contributed by atoms with Crippen molar-refractivity contribution in [3.63, 3.8) is 0 Å². The summed E-state index contributed by atoms with van der Waals surface area (Å²) < 4.78 is 11.5. The minimum absolute atomic E-state index is 0.312. The van der Waals surface area contributed by atoms with Crippen LogP contribution < -0.4 is 5.32 Å². The Morgan fingerprint density at radius 2 is 2.24 bits per heavy atom. The van der Waals surface area contributed by atoms with Crippen LogP contribution in [0.2, 0.25) is 0 Å². The van der Waals surface area contributed by atoms with Crippen LogP contribution in [0.5, 0.6) is 0 Å². The van der Waals surface area contributed by atoms with E-state index in [-0.39, 0.29) is 0 Å². The van der Waals surface area contributed by atoms with Gasteiger partial charge in [-0.25, -0.2) is 0 Å². The molecule has 0 radical (unpaired) electrons. The van der Waals surface area contributed by atoms with Gasteiger partial charge in [-0.2, -0.15) is 0 Å². The first-order chi connectivity index (χ1) is 8.22. The van der Waals surface area contributed by atoms with Crippen molar-refractivity contribution in [3.05, 3.63) is 0 Å². The van der Waals surface area contributed by atoms with Gasteiger partial charge in [0.25, 0.3) is 0 Å². The first kappa shape index (κ1) is 13.3. The molecule has 3 unspecified atom stereocenters. The number of hydrogen-bond acceptors (Lipinski definition) is 3. The lowest BCUT2D eigenvalue weighted by atomic mass is 9.74. The van der Waals surface area contributed by atoms with Crippen molar-refractivity contribution in [2.75, 3.05) is 26.8 Å². The Kier molecular flexibility index (Phi) is 4.45. The van der Waals surface area contributed by atoms with Crippen LogP contribution in [0.1, 0.15) is 39.5 Å². The lowest BCUT2D eigenvalue weighted by Gasteiger charge is -2.36. The molecule has 0 spiro atoms. The summed E-state index contributed by atoms with van der Waals surface area (Å²) >= 11 is 0. The Labute approximate surface area is 105 Å². The molecule has 2 aliphatic rings. The van der Waals surface area contributed by atoms with Crippen molar-refractivity contribution in [3.8, 4) is 0 Å². The number of rotatable bonds is 7. The molecule has 100 valence electrons. The van der Waals surface area contributed by atoms with E-state index in [1.165, 1.54) is 19.3 Å². The van der Waals surface area contributed by atoms with Gasteiger partial charge in [-0.15, -0.1) is 0 Å². The van der Waals surface area contributed by atoms with Gasteiger partial charge >= 0.3 is 0 Å². The fourth-order valence-corrected chi connectivity index (χ4v) is 3.25. The van der Waals surface area contributed by atoms with E-state index in [0.717, 1.165) is 32.0 Å². The Morgan fingerprint density at radius 3 is 2.82 bits per heavy atom. The van der Waals surface area contributed by atoms with Crippen LogP contribution >= 0.6 is 0 Å². The summed E-state index contributed by atoms with van der Waals surface area (Å²) in [5.41, 5.74) is 0.312. The maximum atomic E-state index is 6.04. The van der Waals surface area contributed by atoms with E-state index in [1.807, 2.05) is 7.11 Å². The highest BCUT2D eigenvalue weighted by Crippen LogP contribution is 2.50. The van der Waals surface area contributed by atoms with Crippen LogP contribution in [0.25, 0.3) is 0 Å². The van der Waals surface area contributed by atoms with E-state index in [1.54, 1.807) is 0 Å². The molecule has 17 heavy (non-hydrogen) atoms. The van der Waals surface area contributed by atoms with Crippen LogP contribution in [0.3, 0.4) is 0 Å². The molecule has 0 aromatic rings. The third-order valence-electron chi connectivity index (χ3n) is 4.37. The zero-order valence-electron chi connectivity index (χ0n) is 11.5. The topological polar surface area (TPSA) is 30.5 Å². The molecule has 1 heterocycles. The van der Waals surface area contributed by atoms with Crippen molar-refractivity contribution >= 4 is 0 Å². The summed E-state index contributed by atoms with van der Waals surface area (Å²) in [5, 5.41) is 3.54. The number of ether oxygens (including phenoxy) is 2. The average molecular weight is 241 g/mol. The highest BCUT2D eigenvalue weighted by Gasteiger charge is 2.50. The Hall–Kier alpha value is -0.120. The molecule has 3 nitrogen and oxygen atoms in total. The lowest BCUT2D eigenvalue weighted by Crippen LogP contribution is -2.44. The molecule has 0 aromatic carbocycles. The fourth-order valence-electron chi connectivity index (χ4n) is 3.25. The molecule has 1 saturated carbocycles. The molecule has 1 aliphatic heterocycles. The van der Waals surface area contributed by atoms with Crippen molar-refractivity contribution in [2.45, 2.75) is 51.7 Å². The summed E-state index contributed by atoms with van der Waals surface area (Å²) in [6.45, 7) is 7.41. The van der Waals surface area contributed by atoms with E-state index in [9.17, 15) is 0 Å². The SMILES string of the molecule is CCNCC1(CC(C)OC)CCOC1C1CC1. The highest BCUT2D eigenvalue weighted by molar-refractivity contribution is 5.01. The van der Waals surface area contributed by atoms with Gasteiger partial charge in [-0.3, -0.25) is 0 Å². The standard InChI is InChI=1S/C14H27NO2/c1-4-15-10-14(9-11(2)16-3)7-8-17-13(14)12-5-6-12/h11-13,15H,4-10H2,1-3H3. The third-order valence-corrected chi connectivity index (χ3v) is 4.37. The smallest absolute Gasteiger partial charge is 0.0673 e. The molecule has 0 aromatic heterocycles. The fraction of sp³-hybridized carbons (Fsp3) is 1.00. The summed E-state index contributed by atoms with van der Waals surface area (Å²) in [4.78, 5) is 0. The van der Waals surface area contributed by atoms with Crippen molar-refractivity contribution in [1.82, 2.24) is 5.32 Å². The van der Waals surface area contributed by atoms with E-state index < -0.39 is 0 Å². The van der Waals surface area contributed by atoms with Crippen molar-refractivity contribution in [1.29, 1.82) is 0 Å². The Bertz CT molecular complexity index is 242. The van der Waals surface area contributed by atoms with E-state index in [4.69, 9.17) is 9.47 Å². The van der Waals surface area contributed by atoms with E-state index in [2.05, 4.69) is 19.2 Å². The maximum Gasteiger partial charge on any atom is 0.0673 e. The second-order valence-electron chi connectivity index (χ2n) is 5.77. The van der Waals surface area contributed by atoms with Crippen LogP contribution in [0.15, 0.2) is 0 Å². The monoisotopic (exact) mass is 241 g/mol. The minimum Gasteiger partial charge on any atom is -0.382 e. The van der Waals surface area contributed by atoms with Gasteiger partial charge in [0.2, 0.25) is 0 Å². The van der Waals surface area contributed by atoms with Gasteiger partial charge in [0, 0.05) is 25.7 Å². The zero-order chi connectivity index (χ0) is 12.3. The predicted molar refractivity (Wildman–Crippen MR) is 69.1 cm³/mol. The number of nitrogens with one attached hydrogen (secondary N) is 1. The Balaban J connectivity index is 2.04. The largest absolute Gasteiger partial charge is 0.382 e. The minimum atomic E-state index is 0.312. The normalized spacial score (nSPS) is 35.1. The van der Waals surface area contributed by atoms with E-state index in [0.29, 0.717) is 17.6 Å². The summed E-state index contributed by atoms with van der Waals surface area (Å²) in [6, 6.07) is 0. The molecule has 1 N–H and O–H groups in total. The zero-order valence-corrected chi connectivity index (χ0v) is 11.5. The molecule has 2 fully saturated rings. The predicted octanol–water partition coefficient (Wildman–Crippen LogP) is 2.21. The molecule has 1 saturated heterocycles. The van der Waals surface area contributed by atoms with Crippen LogP contribution in [-0.2, 0) is 9.47 Å². The van der Waals surface area contributed by atoms with Gasteiger partial charge in [-0.05, 0) is 45.1 Å². The Morgan fingerprint density at radius 1 is 1.47 bits per heavy atom. The number of hydrogen-bond donors (Lipinski definition) is 1. The van der Waals surface area contributed by atoms with Crippen LogP contribution in [-0.4, -0.2) is 39.0 Å². The van der Waals surface area contributed by atoms with Crippen molar-refractivity contribution in [2.24, 2.45) is 11.3 Å². The quantitative estimate of drug-likeness (QED) is 0.741. The molecule has 0 amide bonds. The highest BCUT2D eigenvalue weighted by atomic mass is 16.5. The van der Waals surface area contributed by atoms with Gasteiger partial charge in [-0.1, -0.05) is 6.92 Å². The van der Waals surface area contributed by atoms with Gasteiger partial charge in [0.05, 0.1) is 12.2 Å². The van der Waals surface area contributed by atoms with Crippen LogP contribution in [0, 0.1) is 11.3 Å². The first-order valence-electron chi connectivity index (χ1n) is 7.07. The van der Waals surface area contributed by atoms with Crippen molar-refractivity contribution < 1.29 is 9.47 Å². The summed E-state index contributed by atoms with van der Waals surface area (Å²) in [7, 11) is 1.81. The first-order valence-corrected chi connectivity index (χ1v) is 7.07. The van der Waals surface area contributed by atoms with Gasteiger partial charge in [0.15, 0.2) is 0 Å². The van der Waals surface area contributed by atoms with E-state index >= 15 is 0 Å². The summed E-state index contributed by atoms with van der Waals surface area (Å²) in [5.74, 6) is 0.820. The second-order valence-corrected chi connectivity index (χ2v) is 5.77. The summed E-state index contributed by atoms with van der Waals surface area (Å²) in [6.07, 6.45) is 5.84. The van der Waals surface area contributed by atoms with Gasteiger partial charge in [0.1, 0.15) is 0 Å². The lowest BCUT2D eigenvalue weighted by molar-refractivity contribution is -0.00471.